The first kappa shape index (κ1) is 11.9. The van der Waals surface area contributed by atoms with Gasteiger partial charge in [0.2, 0.25) is 0 Å². The van der Waals surface area contributed by atoms with E-state index in [1.807, 2.05) is 13.8 Å². The van der Waals surface area contributed by atoms with Gasteiger partial charge >= 0.3 is 0 Å². The lowest BCUT2D eigenvalue weighted by Crippen LogP contribution is -2.59. The van der Waals surface area contributed by atoms with Crippen LogP contribution in [-0.4, -0.2) is 57.6 Å². The molecule has 14 heavy (non-hydrogen) atoms. The summed E-state index contributed by atoms with van der Waals surface area (Å²) in [5.74, 6) is 0.0150. The zero-order valence-electron chi connectivity index (χ0n) is 8.37. The molecule has 0 aromatic carbocycles. The van der Waals surface area contributed by atoms with E-state index in [2.05, 4.69) is 0 Å². The fourth-order valence-corrected chi connectivity index (χ4v) is 1.68. The number of rotatable bonds is 2. The lowest BCUT2D eigenvalue weighted by molar-refractivity contribution is -0.238. The molecule has 1 heterocycles. The van der Waals surface area contributed by atoms with E-state index in [0.29, 0.717) is 0 Å². The van der Waals surface area contributed by atoms with Gasteiger partial charge in [-0.3, -0.25) is 0 Å². The van der Waals surface area contributed by atoms with E-state index < -0.39 is 30.5 Å². The molecule has 0 bridgehead atoms. The third kappa shape index (κ3) is 2.07. The molecule has 5 atom stereocenters. The molecule has 1 rings (SSSR count). The zero-order valence-corrected chi connectivity index (χ0v) is 8.37. The molecule has 1 aliphatic rings. The maximum absolute atomic E-state index is 9.57. The summed E-state index contributed by atoms with van der Waals surface area (Å²) in [6.45, 7) is 3.31. The van der Waals surface area contributed by atoms with E-state index in [0.717, 1.165) is 0 Å². The van der Waals surface area contributed by atoms with Gasteiger partial charge in [-0.1, -0.05) is 13.8 Å². The third-order valence-corrected chi connectivity index (χ3v) is 2.59. The smallest absolute Gasteiger partial charge is 0.111 e. The topological polar surface area (TPSA) is 90.2 Å². The molecule has 0 spiro atoms. The number of aliphatic hydroxyl groups is 4. The Morgan fingerprint density at radius 3 is 2.07 bits per heavy atom. The van der Waals surface area contributed by atoms with Crippen molar-refractivity contribution in [2.24, 2.45) is 5.92 Å². The minimum atomic E-state index is -1.26. The predicted molar refractivity (Wildman–Crippen MR) is 48.6 cm³/mol. The normalized spacial score (nSPS) is 44.4. The lowest BCUT2D eigenvalue weighted by atomic mass is 9.90. The summed E-state index contributed by atoms with van der Waals surface area (Å²) in [5, 5.41) is 37.4. The van der Waals surface area contributed by atoms with Crippen LogP contribution in [0.5, 0.6) is 0 Å². The van der Waals surface area contributed by atoms with Crippen molar-refractivity contribution in [3.63, 3.8) is 0 Å². The quantitative estimate of drug-likeness (QED) is 0.441. The van der Waals surface area contributed by atoms with E-state index in [4.69, 9.17) is 9.84 Å². The molecular formula is C9H18O5. The molecule has 1 aliphatic heterocycles. The van der Waals surface area contributed by atoms with E-state index >= 15 is 0 Å². The van der Waals surface area contributed by atoms with E-state index in [-0.39, 0.29) is 12.5 Å². The molecule has 0 radical (unpaired) electrons. The van der Waals surface area contributed by atoms with Crippen molar-refractivity contribution in [1.82, 2.24) is 0 Å². The molecule has 5 nitrogen and oxygen atoms in total. The SMILES string of the molecule is CC(C)C1OC(CO)[C@H](O)C(O)C1O. The zero-order chi connectivity index (χ0) is 10.9. The molecule has 0 amide bonds. The van der Waals surface area contributed by atoms with Crippen molar-refractivity contribution in [2.75, 3.05) is 6.61 Å². The predicted octanol–water partition coefficient (Wildman–Crippen LogP) is -1.52. The van der Waals surface area contributed by atoms with Crippen LogP contribution >= 0.6 is 0 Å². The summed E-state index contributed by atoms with van der Waals surface area (Å²) in [6, 6.07) is 0. The molecule has 0 saturated carbocycles. The fraction of sp³-hybridized carbons (Fsp3) is 1.00. The van der Waals surface area contributed by atoms with Crippen LogP contribution in [0.15, 0.2) is 0 Å². The summed E-state index contributed by atoms with van der Waals surface area (Å²) in [6.07, 6.45) is -4.96. The lowest BCUT2D eigenvalue weighted by Gasteiger charge is -2.41. The molecule has 1 fully saturated rings. The molecule has 1 saturated heterocycles. The Morgan fingerprint density at radius 1 is 1.07 bits per heavy atom. The summed E-state index contributed by atoms with van der Waals surface area (Å²) in [7, 11) is 0. The van der Waals surface area contributed by atoms with Crippen LogP contribution in [0.3, 0.4) is 0 Å². The van der Waals surface area contributed by atoms with Gasteiger partial charge in [-0.25, -0.2) is 0 Å². The Hall–Kier alpha value is -0.200. The van der Waals surface area contributed by atoms with Gasteiger partial charge in [0.15, 0.2) is 0 Å². The van der Waals surface area contributed by atoms with Gasteiger partial charge in [-0.05, 0) is 5.92 Å². The van der Waals surface area contributed by atoms with Crippen molar-refractivity contribution in [2.45, 2.75) is 44.4 Å². The van der Waals surface area contributed by atoms with Crippen molar-refractivity contribution in [1.29, 1.82) is 0 Å². The third-order valence-electron chi connectivity index (χ3n) is 2.59. The second-order valence-electron chi connectivity index (χ2n) is 4.04. The average Bonchev–Trinajstić information content (AvgIpc) is 2.14. The Labute approximate surface area is 82.9 Å². The molecule has 5 heteroatoms. The maximum atomic E-state index is 9.57. The van der Waals surface area contributed by atoms with Crippen molar-refractivity contribution in [3.8, 4) is 0 Å². The van der Waals surface area contributed by atoms with Crippen molar-refractivity contribution >= 4 is 0 Å². The number of aliphatic hydroxyl groups excluding tert-OH is 4. The monoisotopic (exact) mass is 206 g/mol. The van der Waals surface area contributed by atoms with Gasteiger partial charge in [-0.2, -0.15) is 0 Å². The minimum Gasteiger partial charge on any atom is -0.394 e. The molecular weight excluding hydrogens is 188 g/mol. The van der Waals surface area contributed by atoms with Gasteiger partial charge in [0, 0.05) is 0 Å². The maximum Gasteiger partial charge on any atom is 0.111 e. The number of hydrogen-bond donors (Lipinski definition) is 4. The Bertz CT molecular complexity index is 182. The van der Waals surface area contributed by atoms with E-state index in [1.165, 1.54) is 0 Å². The van der Waals surface area contributed by atoms with Gasteiger partial charge in [-0.15, -0.1) is 0 Å². The molecule has 84 valence electrons. The first-order valence-electron chi connectivity index (χ1n) is 4.79. The number of hydrogen-bond acceptors (Lipinski definition) is 5. The molecule has 0 aromatic rings. The highest BCUT2D eigenvalue weighted by Gasteiger charge is 2.44. The molecule has 4 N–H and O–H groups in total. The van der Waals surface area contributed by atoms with Crippen LogP contribution in [-0.2, 0) is 4.74 Å². The largest absolute Gasteiger partial charge is 0.394 e. The van der Waals surface area contributed by atoms with Gasteiger partial charge in [0.1, 0.15) is 24.4 Å². The van der Waals surface area contributed by atoms with Crippen LogP contribution in [0.1, 0.15) is 13.8 Å². The second-order valence-corrected chi connectivity index (χ2v) is 4.04. The fourth-order valence-electron chi connectivity index (χ4n) is 1.68. The summed E-state index contributed by atoms with van der Waals surface area (Å²) in [5.41, 5.74) is 0. The van der Waals surface area contributed by atoms with Crippen LogP contribution in [0.25, 0.3) is 0 Å². The van der Waals surface area contributed by atoms with Crippen LogP contribution in [0.2, 0.25) is 0 Å². The van der Waals surface area contributed by atoms with E-state index in [9.17, 15) is 15.3 Å². The summed E-state index contributed by atoms with van der Waals surface area (Å²) < 4.78 is 5.28. The van der Waals surface area contributed by atoms with Crippen molar-refractivity contribution in [3.05, 3.63) is 0 Å². The highest BCUT2D eigenvalue weighted by molar-refractivity contribution is 4.92. The van der Waals surface area contributed by atoms with Gasteiger partial charge in [0.25, 0.3) is 0 Å². The summed E-state index contributed by atoms with van der Waals surface area (Å²) >= 11 is 0. The van der Waals surface area contributed by atoms with Gasteiger partial charge in [0.05, 0.1) is 12.7 Å². The van der Waals surface area contributed by atoms with Crippen LogP contribution in [0.4, 0.5) is 0 Å². The average molecular weight is 206 g/mol. The molecule has 0 aromatic heterocycles. The van der Waals surface area contributed by atoms with E-state index in [1.54, 1.807) is 0 Å². The van der Waals surface area contributed by atoms with Crippen molar-refractivity contribution < 1.29 is 25.2 Å². The Balaban J connectivity index is 2.73. The standard InChI is InChI=1S/C9H18O5/c1-4(2)9-8(13)7(12)6(11)5(3-10)14-9/h4-13H,3H2,1-2H3/t5?,6-,7?,8?,9?/m0/s1. The highest BCUT2D eigenvalue weighted by atomic mass is 16.5. The number of ether oxygens (including phenoxy) is 1. The Morgan fingerprint density at radius 2 is 1.64 bits per heavy atom. The molecule has 4 unspecified atom stereocenters. The summed E-state index contributed by atoms with van der Waals surface area (Å²) in [4.78, 5) is 0. The van der Waals surface area contributed by atoms with Gasteiger partial charge < -0.3 is 25.2 Å². The first-order valence-corrected chi connectivity index (χ1v) is 4.79. The molecule has 0 aliphatic carbocycles. The second kappa shape index (κ2) is 4.55. The first-order chi connectivity index (χ1) is 6.49. The van der Waals surface area contributed by atoms with Crippen LogP contribution < -0.4 is 0 Å². The van der Waals surface area contributed by atoms with Crippen LogP contribution in [0, 0.1) is 5.92 Å². The Kier molecular flexibility index (Phi) is 3.86. The minimum absolute atomic E-state index is 0.0150. The highest BCUT2D eigenvalue weighted by Crippen LogP contribution is 2.25.